The van der Waals surface area contributed by atoms with E-state index in [4.69, 9.17) is 0 Å². The van der Waals surface area contributed by atoms with Gasteiger partial charge in [0.1, 0.15) is 6.16 Å². The molecule has 0 heterocycles. The molecule has 0 saturated heterocycles. The van der Waals surface area contributed by atoms with E-state index in [9.17, 15) is 8.39 Å². The molecule has 0 radical (unpaired) electrons. The molecule has 0 nitrogen and oxygen atoms in total. The smallest absolute Gasteiger partial charge is 0.0654 e. The zero-order valence-electron chi connectivity index (χ0n) is 7.21. The van der Waals surface area contributed by atoms with Gasteiger partial charge in [-0.3, -0.25) is 0 Å². The Labute approximate surface area is 69.4 Å². The third-order valence-corrected chi connectivity index (χ3v) is 2.45. The van der Waals surface area contributed by atoms with Gasteiger partial charge in [-0.05, 0) is 21.2 Å². The van der Waals surface area contributed by atoms with Crippen LogP contribution < -0.4 is 0 Å². The molecule has 0 aromatic carbocycles. The topological polar surface area (TPSA) is 0 Å². The second-order valence-electron chi connectivity index (χ2n) is 2.86. The molecule has 3 heteroatoms. The van der Waals surface area contributed by atoms with Crippen molar-refractivity contribution in [3.63, 3.8) is 0 Å². The molecular weight excluding hydrogens is 165 g/mol. The van der Waals surface area contributed by atoms with Gasteiger partial charge in [-0.15, -0.1) is 0 Å². The maximum absolute atomic E-state index is 11.7. The molecule has 0 unspecified atom stereocenters. The summed E-state index contributed by atoms with van der Waals surface area (Å²) >= 11 is 0. The Morgan fingerprint density at radius 2 is 1.45 bits per heavy atom. The van der Waals surface area contributed by atoms with Crippen molar-refractivity contribution in [1.29, 1.82) is 0 Å². The van der Waals surface area contributed by atoms with Crippen molar-refractivity contribution >= 4 is 8.54 Å². The fourth-order valence-corrected chi connectivity index (χ4v) is 1.56. The summed E-state index contributed by atoms with van der Waals surface area (Å²) in [5.41, 5.74) is 0. The molecular formula is C8H18F2P+. The highest BCUT2D eigenvalue weighted by Crippen LogP contribution is 2.39. The maximum atomic E-state index is 11.7. The van der Waals surface area contributed by atoms with E-state index < -0.39 is 8.54 Å². The van der Waals surface area contributed by atoms with Crippen LogP contribution in [-0.2, 0) is 0 Å². The van der Waals surface area contributed by atoms with Gasteiger partial charge in [-0.2, -0.15) is 0 Å². The molecule has 0 aromatic rings. The molecule has 11 heavy (non-hydrogen) atoms. The number of halogens is 2. The summed E-state index contributed by atoms with van der Waals surface area (Å²) in [6.45, 7) is 2.16. The monoisotopic (exact) mass is 183 g/mol. The van der Waals surface area contributed by atoms with E-state index in [0.717, 1.165) is 19.3 Å². The van der Waals surface area contributed by atoms with E-state index >= 15 is 0 Å². The summed E-state index contributed by atoms with van der Waals surface area (Å²) in [5, 5.41) is 0. The average molecular weight is 183 g/mol. The van der Waals surface area contributed by atoms with Crippen molar-refractivity contribution in [2.75, 3.05) is 6.16 Å². The van der Waals surface area contributed by atoms with Gasteiger partial charge < -0.3 is 0 Å². The van der Waals surface area contributed by atoms with E-state index in [0.29, 0.717) is 0 Å². The molecule has 0 aliphatic heterocycles. The summed E-state index contributed by atoms with van der Waals surface area (Å²) in [5.74, 6) is 0. The molecule has 0 N–H and O–H groups in total. The molecule has 0 saturated carbocycles. The first-order valence-corrected chi connectivity index (χ1v) is 5.90. The Balaban J connectivity index is 2.80. The Morgan fingerprint density at radius 3 is 2.00 bits per heavy atom. The first-order valence-electron chi connectivity index (χ1n) is 4.44. The molecule has 0 bridgehead atoms. The van der Waals surface area contributed by atoms with Crippen molar-refractivity contribution < 1.29 is 8.39 Å². The van der Waals surface area contributed by atoms with Crippen LogP contribution in [0.3, 0.4) is 0 Å². The Hall–Kier alpha value is 0.290. The highest BCUT2D eigenvalue weighted by Gasteiger charge is 2.10. The number of unbranched alkanes of at least 4 members (excludes halogenated alkanes) is 5. The van der Waals surface area contributed by atoms with Gasteiger partial charge in [-0.1, -0.05) is 32.6 Å². The van der Waals surface area contributed by atoms with Crippen LogP contribution in [0.4, 0.5) is 8.39 Å². The van der Waals surface area contributed by atoms with Crippen LogP contribution in [0.5, 0.6) is 0 Å². The van der Waals surface area contributed by atoms with Gasteiger partial charge in [0, 0.05) is 0 Å². The van der Waals surface area contributed by atoms with Gasteiger partial charge in [0.15, 0.2) is 0 Å². The first kappa shape index (κ1) is 11.3. The Bertz CT molecular complexity index is 76.5. The third-order valence-electron chi connectivity index (χ3n) is 1.72. The fraction of sp³-hybridized carbons (Fsp3) is 1.00. The van der Waals surface area contributed by atoms with Crippen LogP contribution in [0.15, 0.2) is 0 Å². The van der Waals surface area contributed by atoms with E-state index in [-0.39, 0.29) is 6.16 Å². The Kier molecular flexibility index (Phi) is 8.61. The van der Waals surface area contributed by atoms with Gasteiger partial charge in [0.2, 0.25) is 0 Å². The summed E-state index contributed by atoms with van der Waals surface area (Å²) in [7, 11) is -2.93. The second-order valence-corrected chi connectivity index (χ2v) is 4.03. The lowest BCUT2D eigenvalue weighted by Gasteiger charge is -1.95. The van der Waals surface area contributed by atoms with Crippen molar-refractivity contribution in [3.05, 3.63) is 0 Å². The zero-order chi connectivity index (χ0) is 8.53. The van der Waals surface area contributed by atoms with Crippen LogP contribution in [0.2, 0.25) is 0 Å². The summed E-state index contributed by atoms with van der Waals surface area (Å²) in [6.07, 6.45) is 6.77. The minimum Gasteiger partial charge on any atom is -0.0654 e. The summed E-state index contributed by atoms with van der Waals surface area (Å²) < 4.78 is 23.4. The molecule has 0 atom stereocenters. The molecule has 0 spiro atoms. The van der Waals surface area contributed by atoms with Gasteiger partial charge in [0.25, 0.3) is 0 Å². The predicted molar refractivity (Wildman–Crippen MR) is 48.8 cm³/mol. The third kappa shape index (κ3) is 10.3. The lowest BCUT2D eigenvalue weighted by molar-refractivity contribution is 0.618. The van der Waals surface area contributed by atoms with E-state index in [1.165, 1.54) is 19.3 Å². The van der Waals surface area contributed by atoms with Crippen molar-refractivity contribution in [2.45, 2.75) is 45.4 Å². The van der Waals surface area contributed by atoms with Gasteiger partial charge >= 0.3 is 8.54 Å². The lowest BCUT2D eigenvalue weighted by Crippen LogP contribution is -1.80. The van der Waals surface area contributed by atoms with Crippen LogP contribution in [0, 0.1) is 0 Å². The highest BCUT2D eigenvalue weighted by atomic mass is 31.2. The quantitative estimate of drug-likeness (QED) is 0.407. The highest BCUT2D eigenvalue weighted by molar-refractivity contribution is 7.46. The lowest BCUT2D eigenvalue weighted by atomic mass is 10.1. The van der Waals surface area contributed by atoms with Gasteiger partial charge in [-0.25, -0.2) is 0 Å². The van der Waals surface area contributed by atoms with Gasteiger partial charge in [0.05, 0.1) is 0 Å². The molecule has 0 aliphatic carbocycles. The van der Waals surface area contributed by atoms with Crippen molar-refractivity contribution in [1.82, 2.24) is 0 Å². The molecule has 0 aliphatic rings. The van der Waals surface area contributed by atoms with Crippen molar-refractivity contribution in [2.24, 2.45) is 0 Å². The fourth-order valence-electron chi connectivity index (χ4n) is 1.04. The van der Waals surface area contributed by atoms with E-state index in [1.54, 1.807) is 0 Å². The summed E-state index contributed by atoms with van der Waals surface area (Å²) in [6, 6.07) is 0. The summed E-state index contributed by atoms with van der Waals surface area (Å²) in [4.78, 5) is 0. The van der Waals surface area contributed by atoms with Crippen LogP contribution in [-0.4, -0.2) is 6.16 Å². The number of hydrogen-bond donors (Lipinski definition) is 0. The minimum atomic E-state index is -2.93. The Morgan fingerprint density at radius 1 is 0.909 bits per heavy atom. The average Bonchev–Trinajstić information content (AvgIpc) is 1.96. The first-order chi connectivity index (χ1) is 5.27. The largest absolute Gasteiger partial charge is 0.376 e. The SMILES string of the molecule is CCCCCCCC[PH+](F)F. The second kappa shape index (κ2) is 8.39. The number of hydrogen-bond acceptors (Lipinski definition) is 0. The molecule has 0 amide bonds. The minimum absolute atomic E-state index is 0.191. The normalized spacial score (nSPS) is 10.9. The maximum Gasteiger partial charge on any atom is 0.376 e. The standard InChI is InChI=1S/C8H17F2P/c1-2-3-4-5-6-7-8-11(9)10/h2-8H2,1H3/p+1. The number of rotatable bonds is 7. The van der Waals surface area contributed by atoms with Crippen LogP contribution >= 0.6 is 8.54 Å². The molecule has 0 fully saturated rings. The van der Waals surface area contributed by atoms with Crippen LogP contribution in [0.25, 0.3) is 0 Å². The molecule has 0 rings (SSSR count). The molecule has 0 aromatic heterocycles. The van der Waals surface area contributed by atoms with E-state index in [1.807, 2.05) is 0 Å². The predicted octanol–water partition coefficient (Wildman–Crippen LogP) is 4.33. The van der Waals surface area contributed by atoms with E-state index in [2.05, 4.69) is 6.92 Å². The van der Waals surface area contributed by atoms with Crippen molar-refractivity contribution in [3.8, 4) is 0 Å². The van der Waals surface area contributed by atoms with Crippen LogP contribution in [0.1, 0.15) is 45.4 Å². The molecule has 68 valence electrons. The zero-order valence-corrected chi connectivity index (χ0v) is 8.21.